The van der Waals surface area contributed by atoms with Crippen LogP contribution in [0.3, 0.4) is 0 Å². The molecule has 1 amide bonds. The number of fused-ring (bicyclic) bond motifs is 1. The number of amides is 1. The van der Waals surface area contributed by atoms with Crippen LogP contribution in [0, 0.1) is 12.8 Å². The van der Waals surface area contributed by atoms with Crippen LogP contribution in [0.25, 0.3) is 0 Å². The molecule has 0 saturated heterocycles. The van der Waals surface area contributed by atoms with Gasteiger partial charge in [-0.1, -0.05) is 12.8 Å². The molecule has 1 aromatic rings. The lowest BCUT2D eigenvalue weighted by molar-refractivity contribution is -0.140. The molecule has 2 heterocycles. The van der Waals surface area contributed by atoms with Crippen molar-refractivity contribution in [1.29, 1.82) is 0 Å². The molecule has 0 spiro atoms. The summed E-state index contributed by atoms with van der Waals surface area (Å²) >= 11 is 0. The van der Waals surface area contributed by atoms with Crippen LogP contribution >= 0.6 is 24.8 Å². The van der Waals surface area contributed by atoms with Crippen LogP contribution in [0.2, 0.25) is 0 Å². The molecule has 126 valence electrons. The molecule has 8 heteroatoms. The Bertz CT molecular complexity index is 531. The molecule has 1 aromatic heterocycles. The van der Waals surface area contributed by atoms with Crippen molar-refractivity contribution >= 4 is 30.7 Å². The van der Waals surface area contributed by atoms with Crippen LogP contribution in [0.15, 0.2) is 0 Å². The monoisotopic (exact) mass is 349 g/mol. The fourth-order valence-corrected chi connectivity index (χ4v) is 3.43. The van der Waals surface area contributed by atoms with E-state index in [0.717, 1.165) is 43.9 Å². The Morgan fingerprint density at radius 1 is 1.32 bits per heavy atom. The largest absolute Gasteiger partial charge is 0.333 e. The fraction of sp³-hybridized carbons (Fsp3) is 0.786. The van der Waals surface area contributed by atoms with Crippen LogP contribution in [-0.2, 0) is 17.9 Å². The molecular weight excluding hydrogens is 325 g/mol. The number of aromatic nitrogens is 3. The smallest absolute Gasteiger partial charge is 0.227 e. The zero-order valence-corrected chi connectivity index (χ0v) is 14.8. The molecular formula is C14H25Cl2N5O. The second-order valence-electron chi connectivity index (χ2n) is 6.36. The molecule has 22 heavy (non-hydrogen) atoms. The maximum atomic E-state index is 12.8. The Hall–Kier alpha value is -0.850. The molecule has 1 saturated carbocycles. The predicted octanol–water partition coefficient (Wildman–Crippen LogP) is 1.68. The van der Waals surface area contributed by atoms with E-state index < -0.39 is 0 Å². The lowest BCUT2D eigenvalue weighted by Gasteiger charge is -2.40. The van der Waals surface area contributed by atoms with Crippen molar-refractivity contribution in [2.24, 2.45) is 11.7 Å². The molecule has 1 fully saturated rings. The topological polar surface area (TPSA) is 77.0 Å². The second-order valence-corrected chi connectivity index (χ2v) is 6.36. The third-order valence-corrected chi connectivity index (χ3v) is 4.63. The molecule has 1 aliphatic heterocycles. The molecule has 1 aliphatic carbocycles. The van der Waals surface area contributed by atoms with E-state index >= 15 is 0 Å². The number of aryl methyl sites for hydroxylation is 1. The van der Waals surface area contributed by atoms with Gasteiger partial charge < -0.3 is 10.6 Å². The van der Waals surface area contributed by atoms with Gasteiger partial charge in [-0.05, 0) is 26.7 Å². The standard InChI is InChI=1S/C14H23N5O.2ClH/c1-10-16-12-9-18(7-8-19(12)17-10)13(20)11-5-3-4-6-14(11,2)15;;/h11H,3-9,15H2,1-2H3;2*1H. The Morgan fingerprint density at radius 3 is 2.73 bits per heavy atom. The van der Waals surface area contributed by atoms with Crippen molar-refractivity contribution in [2.45, 2.75) is 58.2 Å². The van der Waals surface area contributed by atoms with Crippen LogP contribution in [-0.4, -0.2) is 37.7 Å². The Labute approximate surface area is 143 Å². The second kappa shape index (κ2) is 7.15. The van der Waals surface area contributed by atoms with Crippen molar-refractivity contribution in [2.75, 3.05) is 6.54 Å². The van der Waals surface area contributed by atoms with Gasteiger partial charge in [0.2, 0.25) is 5.91 Å². The molecule has 0 radical (unpaired) electrons. The minimum atomic E-state index is -0.365. The van der Waals surface area contributed by atoms with E-state index in [1.807, 2.05) is 23.4 Å². The minimum absolute atomic E-state index is 0. The van der Waals surface area contributed by atoms with Gasteiger partial charge in [-0.15, -0.1) is 24.8 Å². The van der Waals surface area contributed by atoms with Crippen molar-refractivity contribution in [3.05, 3.63) is 11.6 Å². The number of hydrogen-bond acceptors (Lipinski definition) is 4. The van der Waals surface area contributed by atoms with Crippen LogP contribution < -0.4 is 5.73 Å². The normalized spacial score (nSPS) is 27.4. The number of halogens is 2. The number of carbonyl (C=O) groups is 1. The number of carbonyl (C=O) groups excluding carboxylic acids is 1. The molecule has 6 nitrogen and oxygen atoms in total. The van der Waals surface area contributed by atoms with E-state index in [2.05, 4.69) is 10.1 Å². The number of nitrogens with zero attached hydrogens (tertiary/aromatic N) is 4. The van der Waals surface area contributed by atoms with E-state index in [9.17, 15) is 4.79 Å². The SMILES string of the molecule is Cc1nc2n(n1)CCN(C(=O)C1CCCCC1(C)N)C2.Cl.Cl. The zero-order chi connectivity index (χ0) is 14.3. The maximum Gasteiger partial charge on any atom is 0.227 e. The van der Waals surface area contributed by atoms with E-state index in [1.165, 1.54) is 0 Å². The lowest BCUT2D eigenvalue weighted by atomic mass is 9.74. The van der Waals surface area contributed by atoms with Crippen molar-refractivity contribution < 1.29 is 4.79 Å². The van der Waals surface area contributed by atoms with Gasteiger partial charge in [-0.3, -0.25) is 4.79 Å². The summed E-state index contributed by atoms with van der Waals surface area (Å²) in [6.45, 7) is 5.91. The van der Waals surface area contributed by atoms with Gasteiger partial charge in [-0.25, -0.2) is 9.67 Å². The first kappa shape index (κ1) is 19.2. The quantitative estimate of drug-likeness (QED) is 0.836. The van der Waals surface area contributed by atoms with Crippen LogP contribution in [0.5, 0.6) is 0 Å². The zero-order valence-electron chi connectivity index (χ0n) is 13.1. The first-order chi connectivity index (χ1) is 9.47. The van der Waals surface area contributed by atoms with Gasteiger partial charge >= 0.3 is 0 Å². The summed E-state index contributed by atoms with van der Waals surface area (Å²) in [5, 5.41) is 4.33. The summed E-state index contributed by atoms with van der Waals surface area (Å²) < 4.78 is 1.90. The highest BCUT2D eigenvalue weighted by Gasteiger charge is 2.40. The summed E-state index contributed by atoms with van der Waals surface area (Å²) in [4.78, 5) is 19.1. The van der Waals surface area contributed by atoms with Crippen molar-refractivity contribution in [3.8, 4) is 0 Å². The third kappa shape index (κ3) is 3.55. The van der Waals surface area contributed by atoms with Gasteiger partial charge in [0.05, 0.1) is 19.0 Å². The average molecular weight is 350 g/mol. The molecule has 2 aliphatic rings. The summed E-state index contributed by atoms with van der Waals surface area (Å²) in [7, 11) is 0. The minimum Gasteiger partial charge on any atom is -0.333 e. The highest BCUT2D eigenvalue weighted by molar-refractivity contribution is 5.85. The predicted molar refractivity (Wildman–Crippen MR) is 89.2 cm³/mol. The fourth-order valence-electron chi connectivity index (χ4n) is 3.43. The van der Waals surface area contributed by atoms with Gasteiger partial charge in [0.15, 0.2) is 0 Å². The van der Waals surface area contributed by atoms with E-state index in [0.29, 0.717) is 13.1 Å². The first-order valence-corrected chi connectivity index (χ1v) is 7.45. The molecule has 2 atom stereocenters. The molecule has 0 bridgehead atoms. The van der Waals surface area contributed by atoms with Gasteiger partial charge in [0.25, 0.3) is 0 Å². The van der Waals surface area contributed by atoms with E-state index in [4.69, 9.17) is 5.73 Å². The summed E-state index contributed by atoms with van der Waals surface area (Å²) in [5.74, 6) is 1.81. The number of rotatable bonds is 1. The Morgan fingerprint density at radius 2 is 2.05 bits per heavy atom. The highest BCUT2D eigenvalue weighted by atomic mass is 35.5. The molecule has 2 N–H and O–H groups in total. The maximum absolute atomic E-state index is 12.8. The Kier molecular flexibility index (Phi) is 6.24. The number of hydrogen-bond donors (Lipinski definition) is 1. The van der Waals surface area contributed by atoms with Gasteiger partial charge in [0.1, 0.15) is 11.6 Å². The average Bonchev–Trinajstić information content (AvgIpc) is 2.76. The Balaban J connectivity index is 0.00000121. The molecule has 3 rings (SSSR count). The summed E-state index contributed by atoms with van der Waals surface area (Å²) in [6.07, 6.45) is 4.08. The van der Waals surface area contributed by atoms with Crippen molar-refractivity contribution in [3.63, 3.8) is 0 Å². The molecule has 0 aromatic carbocycles. The highest BCUT2D eigenvalue weighted by Crippen LogP contribution is 2.33. The molecule has 2 unspecified atom stereocenters. The first-order valence-electron chi connectivity index (χ1n) is 7.45. The third-order valence-electron chi connectivity index (χ3n) is 4.63. The van der Waals surface area contributed by atoms with Crippen molar-refractivity contribution in [1.82, 2.24) is 19.7 Å². The van der Waals surface area contributed by atoms with Gasteiger partial charge in [0, 0.05) is 12.1 Å². The summed E-state index contributed by atoms with van der Waals surface area (Å²) in [6, 6.07) is 0. The van der Waals surface area contributed by atoms with E-state index in [-0.39, 0.29) is 42.2 Å². The summed E-state index contributed by atoms with van der Waals surface area (Å²) in [5.41, 5.74) is 5.98. The van der Waals surface area contributed by atoms with E-state index in [1.54, 1.807) is 0 Å². The number of nitrogens with two attached hydrogens (primary N) is 1. The van der Waals surface area contributed by atoms with Crippen LogP contribution in [0.4, 0.5) is 0 Å². The van der Waals surface area contributed by atoms with Gasteiger partial charge in [-0.2, -0.15) is 5.10 Å². The lowest BCUT2D eigenvalue weighted by Crippen LogP contribution is -2.54. The van der Waals surface area contributed by atoms with Crippen LogP contribution in [0.1, 0.15) is 44.3 Å².